The zero-order valence-electron chi connectivity index (χ0n) is 7.14. The molecular formula is C7H18N2O2. The van der Waals surface area contributed by atoms with Crippen molar-refractivity contribution in [2.24, 2.45) is 5.90 Å². The van der Waals surface area contributed by atoms with Crippen LogP contribution >= 0.6 is 0 Å². The average Bonchev–Trinajstić information content (AvgIpc) is 2.03. The Labute approximate surface area is 68.0 Å². The molecule has 68 valence electrons. The van der Waals surface area contributed by atoms with Gasteiger partial charge in [-0.2, -0.15) is 0 Å². The molecule has 0 aromatic rings. The summed E-state index contributed by atoms with van der Waals surface area (Å²) >= 11 is 0. The number of nitrogens with one attached hydrogen (secondary N) is 1. The van der Waals surface area contributed by atoms with Crippen LogP contribution in [0.4, 0.5) is 0 Å². The number of methoxy groups -OCH3 is 1. The minimum atomic E-state index is 0.622. The van der Waals surface area contributed by atoms with Gasteiger partial charge in [-0.25, -0.2) is 5.90 Å². The van der Waals surface area contributed by atoms with Crippen LogP contribution in [-0.2, 0) is 9.57 Å². The molecule has 0 rings (SSSR count). The third kappa shape index (κ3) is 9.84. The largest absolute Gasteiger partial charge is 0.385 e. The zero-order chi connectivity index (χ0) is 8.36. The standard InChI is InChI=1S/C7H18N2O2/c1-10-6-2-4-9-5-3-7-11-8/h9H,2-8H2,1H3. The van der Waals surface area contributed by atoms with Crippen molar-refractivity contribution in [1.29, 1.82) is 0 Å². The summed E-state index contributed by atoms with van der Waals surface area (Å²) in [5.74, 6) is 4.84. The third-order valence-corrected chi connectivity index (χ3v) is 1.32. The first-order valence-corrected chi connectivity index (χ1v) is 3.93. The summed E-state index contributed by atoms with van der Waals surface area (Å²) in [6.45, 7) is 3.40. The van der Waals surface area contributed by atoms with Crippen LogP contribution < -0.4 is 11.2 Å². The molecule has 0 fully saturated rings. The predicted molar refractivity (Wildman–Crippen MR) is 44.1 cm³/mol. The Hall–Kier alpha value is -0.160. The van der Waals surface area contributed by atoms with E-state index in [1.807, 2.05) is 0 Å². The van der Waals surface area contributed by atoms with Crippen LogP contribution in [0, 0.1) is 0 Å². The van der Waals surface area contributed by atoms with Gasteiger partial charge in [-0.3, -0.25) is 0 Å². The second kappa shape index (κ2) is 9.84. The first kappa shape index (κ1) is 10.8. The van der Waals surface area contributed by atoms with Gasteiger partial charge in [0, 0.05) is 13.7 Å². The van der Waals surface area contributed by atoms with Gasteiger partial charge >= 0.3 is 0 Å². The van der Waals surface area contributed by atoms with E-state index >= 15 is 0 Å². The Kier molecular flexibility index (Phi) is 9.70. The van der Waals surface area contributed by atoms with Gasteiger partial charge in [0.25, 0.3) is 0 Å². The summed E-state index contributed by atoms with van der Waals surface area (Å²) in [6.07, 6.45) is 2.02. The highest BCUT2D eigenvalue weighted by atomic mass is 16.6. The number of nitrogens with two attached hydrogens (primary N) is 1. The van der Waals surface area contributed by atoms with Gasteiger partial charge in [0.1, 0.15) is 0 Å². The van der Waals surface area contributed by atoms with Crippen LogP contribution in [0.1, 0.15) is 12.8 Å². The molecule has 0 heterocycles. The molecule has 0 aliphatic carbocycles. The van der Waals surface area contributed by atoms with E-state index in [2.05, 4.69) is 10.2 Å². The van der Waals surface area contributed by atoms with E-state index in [0.717, 1.165) is 32.5 Å². The van der Waals surface area contributed by atoms with Crippen molar-refractivity contribution in [3.05, 3.63) is 0 Å². The molecule has 0 aliphatic rings. The molecule has 0 unspecified atom stereocenters. The fraction of sp³-hybridized carbons (Fsp3) is 1.00. The molecule has 0 saturated carbocycles. The van der Waals surface area contributed by atoms with Crippen molar-refractivity contribution in [3.63, 3.8) is 0 Å². The van der Waals surface area contributed by atoms with Gasteiger partial charge in [-0.05, 0) is 25.9 Å². The first-order valence-electron chi connectivity index (χ1n) is 3.93. The minimum Gasteiger partial charge on any atom is -0.385 e. The summed E-state index contributed by atoms with van der Waals surface area (Å²) < 4.78 is 4.88. The van der Waals surface area contributed by atoms with Crippen molar-refractivity contribution >= 4 is 0 Å². The van der Waals surface area contributed by atoms with Crippen LogP contribution in [-0.4, -0.2) is 33.4 Å². The SMILES string of the molecule is COCCCNCCCON. The summed E-state index contributed by atoms with van der Waals surface area (Å²) in [6, 6.07) is 0. The van der Waals surface area contributed by atoms with Crippen LogP contribution in [0.15, 0.2) is 0 Å². The van der Waals surface area contributed by atoms with Gasteiger partial charge in [0.05, 0.1) is 6.61 Å². The van der Waals surface area contributed by atoms with Gasteiger partial charge < -0.3 is 14.9 Å². The lowest BCUT2D eigenvalue weighted by Crippen LogP contribution is -2.19. The quantitative estimate of drug-likeness (QED) is 0.386. The Morgan fingerprint density at radius 1 is 1.18 bits per heavy atom. The van der Waals surface area contributed by atoms with E-state index in [1.165, 1.54) is 0 Å². The van der Waals surface area contributed by atoms with Crippen molar-refractivity contribution in [2.45, 2.75) is 12.8 Å². The Balaban J connectivity index is 2.69. The van der Waals surface area contributed by atoms with E-state index in [4.69, 9.17) is 10.6 Å². The molecular weight excluding hydrogens is 144 g/mol. The molecule has 0 radical (unpaired) electrons. The Bertz CT molecular complexity index is 63.5. The lowest BCUT2D eigenvalue weighted by atomic mass is 10.4. The molecule has 4 heteroatoms. The molecule has 0 aromatic carbocycles. The van der Waals surface area contributed by atoms with Gasteiger partial charge in [-0.15, -0.1) is 0 Å². The maximum absolute atomic E-state index is 4.88. The smallest absolute Gasteiger partial charge is 0.0691 e. The summed E-state index contributed by atoms with van der Waals surface area (Å²) in [4.78, 5) is 4.40. The summed E-state index contributed by atoms with van der Waals surface area (Å²) in [5, 5.41) is 3.24. The van der Waals surface area contributed by atoms with Crippen LogP contribution in [0.3, 0.4) is 0 Å². The molecule has 0 saturated heterocycles. The van der Waals surface area contributed by atoms with Crippen molar-refractivity contribution in [2.75, 3.05) is 33.4 Å². The second-order valence-corrected chi connectivity index (χ2v) is 2.32. The van der Waals surface area contributed by atoms with Crippen molar-refractivity contribution in [3.8, 4) is 0 Å². The van der Waals surface area contributed by atoms with Crippen LogP contribution in [0.2, 0.25) is 0 Å². The summed E-state index contributed by atoms with van der Waals surface area (Å²) in [5.41, 5.74) is 0. The molecule has 4 nitrogen and oxygen atoms in total. The fourth-order valence-electron chi connectivity index (χ4n) is 0.747. The van der Waals surface area contributed by atoms with Crippen molar-refractivity contribution in [1.82, 2.24) is 5.32 Å². The number of rotatable bonds is 8. The monoisotopic (exact) mass is 162 g/mol. The number of ether oxygens (including phenoxy) is 1. The molecule has 0 spiro atoms. The molecule has 0 bridgehead atoms. The van der Waals surface area contributed by atoms with E-state index < -0.39 is 0 Å². The first-order chi connectivity index (χ1) is 5.41. The number of hydrogen-bond donors (Lipinski definition) is 2. The lowest BCUT2D eigenvalue weighted by molar-refractivity contribution is 0.135. The van der Waals surface area contributed by atoms with E-state index in [-0.39, 0.29) is 0 Å². The normalized spacial score (nSPS) is 10.4. The predicted octanol–water partition coefficient (Wildman–Crippen LogP) is -0.107. The van der Waals surface area contributed by atoms with Crippen molar-refractivity contribution < 1.29 is 9.57 Å². The van der Waals surface area contributed by atoms with Gasteiger partial charge in [0.15, 0.2) is 0 Å². The molecule has 11 heavy (non-hydrogen) atoms. The van der Waals surface area contributed by atoms with Gasteiger partial charge in [0.2, 0.25) is 0 Å². The molecule has 0 amide bonds. The maximum Gasteiger partial charge on any atom is 0.0691 e. The highest BCUT2D eigenvalue weighted by Gasteiger charge is 1.87. The molecule has 3 N–H and O–H groups in total. The Morgan fingerprint density at radius 2 is 1.82 bits per heavy atom. The zero-order valence-corrected chi connectivity index (χ0v) is 7.14. The molecule has 0 atom stereocenters. The van der Waals surface area contributed by atoms with Crippen LogP contribution in [0.5, 0.6) is 0 Å². The van der Waals surface area contributed by atoms with Crippen LogP contribution in [0.25, 0.3) is 0 Å². The van der Waals surface area contributed by atoms with E-state index in [0.29, 0.717) is 6.61 Å². The second-order valence-electron chi connectivity index (χ2n) is 2.32. The average molecular weight is 162 g/mol. The topological polar surface area (TPSA) is 56.5 Å². The van der Waals surface area contributed by atoms with E-state index in [9.17, 15) is 0 Å². The highest BCUT2D eigenvalue weighted by Crippen LogP contribution is 1.79. The van der Waals surface area contributed by atoms with Gasteiger partial charge in [-0.1, -0.05) is 0 Å². The Morgan fingerprint density at radius 3 is 2.36 bits per heavy atom. The molecule has 0 aliphatic heterocycles. The lowest BCUT2D eigenvalue weighted by Gasteiger charge is -2.02. The fourth-order valence-corrected chi connectivity index (χ4v) is 0.747. The molecule has 0 aromatic heterocycles. The maximum atomic E-state index is 4.88. The number of hydrogen-bond acceptors (Lipinski definition) is 4. The summed E-state index contributed by atoms with van der Waals surface area (Å²) in [7, 11) is 1.71. The van der Waals surface area contributed by atoms with E-state index in [1.54, 1.807) is 7.11 Å². The third-order valence-electron chi connectivity index (χ3n) is 1.32. The highest BCUT2D eigenvalue weighted by molar-refractivity contribution is 4.46. The minimum absolute atomic E-state index is 0.622.